The van der Waals surface area contributed by atoms with Crippen LogP contribution in [-0.2, 0) is 6.42 Å². The van der Waals surface area contributed by atoms with E-state index >= 15 is 0 Å². The van der Waals surface area contributed by atoms with Crippen LogP contribution in [0.3, 0.4) is 0 Å². The zero-order valence-corrected chi connectivity index (χ0v) is 10.1. The van der Waals surface area contributed by atoms with Crippen molar-refractivity contribution in [3.05, 3.63) is 70.2 Å². The van der Waals surface area contributed by atoms with Gasteiger partial charge in [0.15, 0.2) is 0 Å². The minimum absolute atomic E-state index is 0.213. The second kappa shape index (κ2) is 4.17. The van der Waals surface area contributed by atoms with Crippen molar-refractivity contribution < 1.29 is 5.11 Å². The second-order valence-corrected chi connectivity index (χ2v) is 4.95. The predicted molar refractivity (Wildman–Crippen MR) is 69.3 cm³/mol. The fourth-order valence-corrected chi connectivity index (χ4v) is 2.70. The third-order valence-corrected chi connectivity index (χ3v) is 3.70. The van der Waals surface area contributed by atoms with Crippen LogP contribution >= 0.6 is 11.6 Å². The summed E-state index contributed by atoms with van der Waals surface area (Å²) >= 11 is 5.94. The molecular formula is C15H13ClO. The summed E-state index contributed by atoms with van der Waals surface area (Å²) in [6.07, 6.45) is 0.493. The molecule has 2 heteroatoms. The summed E-state index contributed by atoms with van der Waals surface area (Å²) in [6.45, 7) is 0. The van der Waals surface area contributed by atoms with Crippen molar-refractivity contribution >= 4 is 11.6 Å². The number of rotatable bonds is 2. The van der Waals surface area contributed by atoms with Gasteiger partial charge in [-0.05, 0) is 35.2 Å². The molecule has 0 saturated carbocycles. The van der Waals surface area contributed by atoms with E-state index in [1.54, 1.807) is 0 Å². The Bertz CT molecular complexity index is 550. The average molecular weight is 245 g/mol. The van der Waals surface area contributed by atoms with E-state index < -0.39 is 6.10 Å². The molecule has 86 valence electrons. The molecule has 0 amide bonds. The Kier molecular flexibility index (Phi) is 2.65. The van der Waals surface area contributed by atoms with Gasteiger partial charge in [0.05, 0.1) is 6.10 Å². The zero-order chi connectivity index (χ0) is 11.8. The predicted octanol–water partition coefficient (Wildman–Crippen LogP) is 3.71. The molecule has 0 fully saturated rings. The molecule has 0 bridgehead atoms. The molecule has 1 aliphatic rings. The van der Waals surface area contributed by atoms with Gasteiger partial charge in [0.2, 0.25) is 0 Å². The van der Waals surface area contributed by atoms with Crippen molar-refractivity contribution in [2.24, 2.45) is 0 Å². The third-order valence-electron chi connectivity index (χ3n) is 3.47. The molecule has 3 rings (SSSR count). The van der Waals surface area contributed by atoms with Crippen LogP contribution in [0.15, 0.2) is 48.5 Å². The van der Waals surface area contributed by atoms with Crippen LogP contribution in [0.2, 0.25) is 5.02 Å². The lowest BCUT2D eigenvalue weighted by molar-refractivity contribution is 0.134. The molecule has 0 radical (unpaired) electrons. The van der Waals surface area contributed by atoms with Gasteiger partial charge >= 0.3 is 0 Å². The summed E-state index contributed by atoms with van der Waals surface area (Å²) in [7, 11) is 0. The van der Waals surface area contributed by atoms with Gasteiger partial charge in [-0.3, -0.25) is 0 Å². The molecule has 1 aliphatic carbocycles. The molecule has 0 aromatic heterocycles. The van der Waals surface area contributed by atoms with E-state index in [9.17, 15) is 5.11 Å². The largest absolute Gasteiger partial charge is 0.388 e. The van der Waals surface area contributed by atoms with Crippen molar-refractivity contribution in [1.29, 1.82) is 0 Å². The van der Waals surface area contributed by atoms with E-state index in [1.807, 2.05) is 36.4 Å². The van der Waals surface area contributed by atoms with Gasteiger partial charge in [-0.1, -0.05) is 48.0 Å². The monoisotopic (exact) mass is 244 g/mol. The number of hydrogen-bond donors (Lipinski definition) is 1. The third kappa shape index (κ3) is 1.86. The van der Waals surface area contributed by atoms with Gasteiger partial charge in [0, 0.05) is 10.9 Å². The molecular weight excluding hydrogens is 232 g/mol. The summed E-state index contributed by atoms with van der Waals surface area (Å²) in [5.74, 6) is 0.213. The fraction of sp³-hybridized carbons (Fsp3) is 0.200. The van der Waals surface area contributed by atoms with Crippen LogP contribution in [0.5, 0.6) is 0 Å². The molecule has 0 aliphatic heterocycles. The molecule has 1 nitrogen and oxygen atoms in total. The van der Waals surface area contributed by atoms with Gasteiger partial charge in [-0.15, -0.1) is 0 Å². The molecule has 0 saturated heterocycles. The van der Waals surface area contributed by atoms with Crippen molar-refractivity contribution in [2.45, 2.75) is 18.4 Å². The maximum atomic E-state index is 10.4. The number of hydrogen-bond acceptors (Lipinski definition) is 1. The Morgan fingerprint density at radius 3 is 2.71 bits per heavy atom. The number of fused-ring (bicyclic) bond motifs is 1. The maximum Gasteiger partial charge on any atom is 0.0862 e. The lowest BCUT2D eigenvalue weighted by Crippen LogP contribution is -2.23. The Labute approximate surface area is 106 Å². The van der Waals surface area contributed by atoms with Crippen LogP contribution in [0.1, 0.15) is 28.7 Å². The molecule has 17 heavy (non-hydrogen) atoms. The van der Waals surface area contributed by atoms with Crippen molar-refractivity contribution in [1.82, 2.24) is 0 Å². The Balaban J connectivity index is 1.88. The summed E-state index contributed by atoms with van der Waals surface area (Å²) in [5.41, 5.74) is 3.51. The zero-order valence-electron chi connectivity index (χ0n) is 9.31. The normalized spacial score (nSPS) is 19.3. The van der Waals surface area contributed by atoms with Gasteiger partial charge in [0.25, 0.3) is 0 Å². The van der Waals surface area contributed by atoms with Crippen LogP contribution in [0.4, 0.5) is 0 Å². The fourth-order valence-electron chi connectivity index (χ4n) is 2.50. The first-order valence-corrected chi connectivity index (χ1v) is 6.15. The highest BCUT2D eigenvalue weighted by atomic mass is 35.5. The van der Waals surface area contributed by atoms with E-state index in [2.05, 4.69) is 12.1 Å². The highest BCUT2D eigenvalue weighted by molar-refractivity contribution is 6.30. The van der Waals surface area contributed by atoms with Crippen LogP contribution in [0.25, 0.3) is 0 Å². The molecule has 2 atom stereocenters. The first kappa shape index (κ1) is 10.8. The number of aliphatic hydroxyl groups excluding tert-OH is 1. The number of aliphatic hydroxyl groups is 1. The van der Waals surface area contributed by atoms with Crippen molar-refractivity contribution in [3.8, 4) is 0 Å². The standard InChI is InChI=1S/C15H13ClO/c16-12-6-3-5-11(8-12)15(17)14-9-10-4-1-2-7-13(10)14/h1-8,14-15,17H,9H2. The molecule has 1 N–H and O–H groups in total. The van der Waals surface area contributed by atoms with E-state index in [4.69, 9.17) is 11.6 Å². The Hall–Kier alpha value is -1.31. The highest BCUT2D eigenvalue weighted by Gasteiger charge is 2.32. The lowest BCUT2D eigenvalue weighted by atomic mass is 9.73. The van der Waals surface area contributed by atoms with Crippen LogP contribution in [0, 0.1) is 0 Å². The molecule has 0 heterocycles. The maximum absolute atomic E-state index is 10.4. The SMILES string of the molecule is OC(c1cccc(Cl)c1)C1Cc2ccccc21. The van der Waals surface area contributed by atoms with Gasteiger partial charge in [-0.25, -0.2) is 0 Å². The minimum atomic E-state index is -0.455. The minimum Gasteiger partial charge on any atom is -0.388 e. The highest BCUT2D eigenvalue weighted by Crippen LogP contribution is 2.43. The summed E-state index contributed by atoms with van der Waals surface area (Å²) in [5, 5.41) is 11.0. The molecule has 2 unspecified atom stereocenters. The smallest absolute Gasteiger partial charge is 0.0862 e. The van der Waals surface area contributed by atoms with Crippen molar-refractivity contribution in [3.63, 3.8) is 0 Å². The molecule has 0 spiro atoms. The van der Waals surface area contributed by atoms with E-state index in [-0.39, 0.29) is 5.92 Å². The quantitative estimate of drug-likeness (QED) is 0.854. The Morgan fingerprint density at radius 1 is 1.12 bits per heavy atom. The van der Waals surface area contributed by atoms with Crippen molar-refractivity contribution in [2.75, 3.05) is 0 Å². The van der Waals surface area contributed by atoms with Crippen LogP contribution in [-0.4, -0.2) is 5.11 Å². The van der Waals surface area contributed by atoms with E-state index in [0.29, 0.717) is 5.02 Å². The number of halogens is 1. The first-order valence-electron chi connectivity index (χ1n) is 5.77. The van der Waals surface area contributed by atoms with E-state index in [0.717, 1.165) is 12.0 Å². The summed E-state index contributed by atoms with van der Waals surface area (Å²) < 4.78 is 0. The number of benzene rings is 2. The topological polar surface area (TPSA) is 20.2 Å². The first-order chi connectivity index (χ1) is 8.25. The lowest BCUT2D eigenvalue weighted by Gasteiger charge is -2.34. The summed E-state index contributed by atoms with van der Waals surface area (Å²) in [6, 6.07) is 15.8. The summed E-state index contributed by atoms with van der Waals surface area (Å²) in [4.78, 5) is 0. The Morgan fingerprint density at radius 2 is 1.94 bits per heavy atom. The van der Waals surface area contributed by atoms with Crippen LogP contribution < -0.4 is 0 Å². The second-order valence-electron chi connectivity index (χ2n) is 4.51. The van der Waals surface area contributed by atoms with Gasteiger partial charge < -0.3 is 5.11 Å². The molecule has 2 aromatic carbocycles. The average Bonchev–Trinajstić information content (AvgIpc) is 2.30. The van der Waals surface area contributed by atoms with E-state index in [1.165, 1.54) is 11.1 Å². The van der Waals surface area contributed by atoms with Gasteiger partial charge in [0.1, 0.15) is 0 Å². The molecule has 2 aromatic rings. The van der Waals surface area contributed by atoms with Gasteiger partial charge in [-0.2, -0.15) is 0 Å².